The van der Waals surface area contributed by atoms with Crippen LogP contribution in [0, 0.1) is 13.8 Å². The third-order valence-corrected chi connectivity index (χ3v) is 2.64. The van der Waals surface area contributed by atoms with Gasteiger partial charge in [0.05, 0.1) is 23.5 Å². The summed E-state index contributed by atoms with van der Waals surface area (Å²) in [7, 11) is 1.54. The van der Waals surface area contributed by atoms with E-state index in [1.165, 1.54) is 6.33 Å². The van der Waals surface area contributed by atoms with Gasteiger partial charge in [-0.25, -0.2) is 9.97 Å². The maximum Gasteiger partial charge on any atom is 0.255 e. The lowest BCUT2D eigenvalue weighted by atomic mass is 10.1. The summed E-state index contributed by atoms with van der Waals surface area (Å²) in [6.45, 7) is 3.92. The summed E-state index contributed by atoms with van der Waals surface area (Å²) in [5, 5.41) is 6.40. The Balaban J connectivity index is 2.01. The van der Waals surface area contributed by atoms with Crippen LogP contribution in [0.25, 0.3) is 0 Å². The van der Waals surface area contributed by atoms with Gasteiger partial charge >= 0.3 is 0 Å². The van der Waals surface area contributed by atoms with Gasteiger partial charge in [0.25, 0.3) is 5.91 Å². The topological polar surface area (TPSA) is 103 Å². The number of hydrogen-bond donors (Lipinski definition) is 1. The number of ether oxygens (including phenoxy) is 1. The van der Waals surface area contributed by atoms with Gasteiger partial charge in [-0.05, 0) is 13.8 Å². The lowest BCUT2D eigenvalue weighted by Crippen LogP contribution is -2.25. The molecule has 0 aromatic carbocycles. The molecule has 0 unspecified atom stereocenters. The maximum absolute atomic E-state index is 12.1. The SMILES string of the molecule is COCc1noc(CNC(=O)c2c(C)ncnc2C)n1. The molecule has 2 aromatic heterocycles. The molecule has 0 saturated carbocycles. The highest BCUT2D eigenvalue weighted by Gasteiger charge is 2.15. The van der Waals surface area contributed by atoms with Crippen molar-refractivity contribution >= 4 is 5.91 Å². The second kappa shape index (κ2) is 6.20. The van der Waals surface area contributed by atoms with Crippen LogP contribution >= 0.6 is 0 Å². The van der Waals surface area contributed by atoms with E-state index in [-0.39, 0.29) is 19.1 Å². The van der Waals surface area contributed by atoms with Crippen LogP contribution in [0.1, 0.15) is 33.5 Å². The minimum atomic E-state index is -0.271. The number of rotatable bonds is 5. The van der Waals surface area contributed by atoms with Crippen LogP contribution in [0.5, 0.6) is 0 Å². The van der Waals surface area contributed by atoms with E-state index in [1.54, 1.807) is 21.0 Å². The first-order chi connectivity index (χ1) is 9.61. The Labute approximate surface area is 115 Å². The fourth-order valence-corrected chi connectivity index (χ4v) is 1.72. The van der Waals surface area contributed by atoms with Gasteiger partial charge in [-0.2, -0.15) is 4.98 Å². The lowest BCUT2D eigenvalue weighted by Gasteiger charge is -2.07. The molecule has 0 fully saturated rings. The molecule has 2 aromatic rings. The monoisotopic (exact) mass is 277 g/mol. The summed E-state index contributed by atoms with van der Waals surface area (Å²) in [4.78, 5) is 24.2. The molecule has 0 aliphatic heterocycles. The number of carbonyl (C=O) groups excluding carboxylic acids is 1. The highest BCUT2D eigenvalue weighted by Crippen LogP contribution is 2.08. The Kier molecular flexibility index (Phi) is 4.36. The third kappa shape index (κ3) is 3.15. The number of methoxy groups -OCH3 is 1. The molecular formula is C12H15N5O3. The molecule has 0 saturated heterocycles. The minimum Gasteiger partial charge on any atom is -0.377 e. The van der Waals surface area contributed by atoms with Crippen molar-refractivity contribution in [3.05, 3.63) is 35.0 Å². The smallest absolute Gasteiger partial charge is 0.255 e. The highest BCUT2D eigenvalue weighted by molar-refractivity contribution is 5.96. The largest absolute Gasteiger partial charge is 0.377 e. The summed E-state index contributed by atoms with van der Waals surface area (Å²) >= 11 is 0. The maximum atomic E-state index is 12.1. The summed E-state index contributed by atoms with van der Waals surface area (Å²) in [5.74, 6) is 0.483. The van der Waals surface area contributed by atoms with Gasteiger partial charge in [-0.3, -0.25) is 4.79 Å². The van der Waals surface area contributed by atoms with E-state index in [4.69, 9.17) is 9.26 Å². The molecule has 0 radical (unpaired) electrons. The average molecular weight is 277 g/mol. The predicted octanol–water partition coefficient (Wildman–Crippen LogP) is 0.553. The first-order valence-corrected chi connectivity index (χ1v) is 5.98. The van der Waals surface area contributed by atoms with Crippen LogP contribution in [0.15, 0.2) is 10.9 Å². The van der Waals surface area contributed by atoms with E-state index < -0.39 is 0 Å². The van der Waals surface area contributed by atoms with E-state index in [2.05, 4.69) is 25.4 Å². The van der Waals surface area contributed by atoms with E-state index in [9.17, 15) is 4.79 Å². The molecule has 0 atom stereocenters. The van der Waals surface area contributed by atoms with Crippen LogP contribution in [0.4, 0.5) is 0 Å². The Hall–Kier alpha value is -2.35. The van der Waals surface area contributed by atoms with Crippen LogP contribution < -0.4 is 5.32 Å². The Morgan fingerprint density at radius 3 is 2.70 bits per heavy atom. The highest BCUT2D eigenvalue weighted by atomic mass is 16.5. The Morgan fingerprint density at radius 2 is 2.05 bits per heavy atom. The van der Waals surface area contributed by atoms with Gasteiger partial charge in [0.1, 0.15) is 12.9 Å². The first-order valence-electron chi connectivity index (χ1n) is 5.98. The second-order valence-corrected chi connectivity index (χ2v) is 4.14. The van der Waals surface area contributed by atoms with Crippen molar-refractivity contribution in [3.8, 4) is 0 Å². The fraction of sp³-hybridized carbons (Fsp3) is 0.417. The molecule has 8 nitrogen and oxygen atoms in total. The number of aryl methyl sites for hydroxylation is 2. The third-order valence-electron chi connectivity index (χ3n) is 2.64. The van der Waals surface area contributed by atoms with Crippen molar-refractivity contribution in [2.75, 3.05) is 7.11 Å². The predicted molar refractivity (Wildman–Crippen MR) is 67.7 cm³/mol. The number of carbonyl (C=O) groups is 1. The average Bonchev–Trinajstić information content (AvgIpc) is 2.84. The van der Waals surface area contributed by atoms with Gasteiger partial charge in [0, 0.05) is 7.11 Å². The van der Waals surface area contributed by atoms with Crippen LogP contribution in [0.3, 0.4) is 0 Å². The van der Waals surface area contributed by atoms with E-state index >= 15 is 0 Å². The van der Waals surface area contributed by atoms with Gasteiger partial charge in [0.15, 0.2) is 5.82 Å². The van der Waals surface area contributed by atoms with Crippen molar-refractivity contribution < 1.29 is 14.1 Å². The van der Waals surface area contributed by atoms with Gasteiger partial charge in [-0.1, -0.05) is 5.16 Å². The molecular weight excluding hydrogens is 262 g/mol. The number of hydrogen-bond acceptors (Lipinski definition) is 7. The van der Waals surface area contributed by atoms with Gasteiger partial charge < -0.3 is 14.6 Å². The molecule has 0 aliphatic rings. The van der Waals surface area contributed by atoms with E-state index in [0.29, 0.717) is 28.7 Å². The van der Waals surface area contributed by atoms with Crippen LogP contribution in [-0.2, 0) is 17.9 Å². The first kappa shape index (κ1) is 14.1. The number of nitrogens with zero attached hydrogens (tertiary/aromatic N) is 4. The minimum absolute atomic E-state index is 0.142. The Morgan fingerprint density at radius 1 is 1.35 bits per heavy atom. The number of nitrogens with one attached hydrogen (secondary N) is 1. The lowest BCUT2D eigenvalue weighted by molar-refractivity contribution is 0.0944. The fourth-order valence-electron chi connectivity index (χ4n) is 1.72. The number of aromatic nitrogens is 4. The quantitative estimate of drug-likeness (QED) is 0.851. The standard InChI is InChI=1S/C12H15N5O3/c1-7-11(8(2)15-6-14-7)12(18)13-4-10-16-9(5-19-3)17-20-10/h6H,4-5H2,1-3H3,(H,13,18). The van der Waals surface area contributed by atoms with Crippen molar-refractivity contribution in [2.24, 2.45) is 0 Å². The van der Waals surface area contributed by atoms with Crippen molar-refractivity contribution in [3.63, 3.8) is 0 Å². The van der Waals surface area contributed by atoms with Crippen LogP contribution in [0.2, 0.25) is 0 Å². The molecule has 0 bridgehead atoms. The molecule has 1 N–H and O–H groups in total. The zero-order valence-corrected chi connectivity index (χ0v) is 11.5. The van der Waals surface area contributed by atoms with Gasteiger partial charge in [-0.15, -0.1) is 0 Å². The van der Waals surface area contributed by atoms with E-state index in [0.717, 1.165) is 0 Å². The second-order valence-electron chi connectivity index (χ2n) is 4.14. The van der Waals surface area contributed by atoms with Crippen molar-refractivity contribution in [1.82, 2.24) is 25.4 Å². The van der Waals surface area contributed by atoms with E-state index in [1.807, 2.05) is 0 Å². The summed E-state index contributed by atoms with van der Waals surface area (Å²) in [5.41, 5.74) is 1.71. The number of amides is 1. The zero-order chi connectivity index (χ0) is 14.5. The van der Waals surface area contributed by atoms with Crippen molar-refractivity contribution in [2.45, 2.75) is 27.0 Å². The Bertz CT molecular complexity index is 591. The molecule has 8 heteroatoms. The molecule has 20 heavy (non-hydrogen) atoms. The van der Waals surface area contributed by atoms with Crippen LogP contribution in [-0.4, -0.2) is 33.1 Å². The molecule has 106 valence electrons. The van der Waals surface area contributed by atoms with Gasteiger partial charge in [0.2, 0.25) is 5.89 Å². The molecule has 2 rings (SSSR count). The van der Waals surface area contributed by atoms with Crippen molar-refractivity contribution in [1.29, 1.82) is 0 Å². The molecule has 2 heterocycles. The summed E-state index contributed by atoms with van der Waals surface area (Å²) < 4.78 is 9.86. The molecule has 0 spiro atoms. The molecule has 0 aliphatic carbocycles. The summed E-state index contributed by atoms with van der Waals surface area (Å²) in [6, 6.07) is 0. The zero-order valence-electron chi connectivity index (χ0n) is 11.5. The normalized spacial score (nSPS) is 10.6. The summed E-state index contributed by atoms with van der Waals surface area (Å²) in [6.07, 6.45) is 1.43. The molecule has 1 amide bonds.